The predicted octanol–water partition coefficient (Wildman–Crippen LogP) is 4.22. The van der Waals surface area contributed by atoms with Gasteiger partial charge in [-0.3, -0.25) is 4.98 Å². The lowest BCUT2D eigenvalue weighted by Gasteiger charge is -2.20. The summed E-state index contributed by atoms with van der Waals surface area (Å²) in [5, 5.41) is 0. The molecular formula is C19H17BrN2O2S. The Balaban J connectivity index is 2.01. The second kappa shape index (κ2) is 7.47. The highest BCUT2D eigenvalue weighted by atomic mass is 79.9. The van der Waals surface area contributed by atoms with Crippen molar-refractivity contribution in [3.63, 3.8) is 0 Å². The van der Waals surface area contributed by atoms with Crippen LogP contribution in [0.4, 0.5) is 0 Å². The monoisotopic (exact) mass is 416 g/mol. The van der Waals surface area contributed by atoms with Gasteiger partial charge in [-0.2, -0.15) is 4.72 Å². The first-order valence-electron chi connectivity index (χ1n) is 7.71. The maximum Gasteiger partial charge on any atom is 0.241 e. The lowest BCUT2D eigenvalue weighted by atomic mass is 10.0. The van der Waals surface area contributed by atoms with Gasteiger partial charge in [-0.05, 0) is 53.9 Å². The van der Waals surface area contributed by atoms with E-state index in [-0.39, 0.29) is 4.90 Å². The summed E-state index contributed by atoms with van der Waals surface area (Å²) >= 11 is 3.40. The number of halogens is 1. The van der Waals surface area contributed by atoms with Crippen molar-refractivity contribution in [2.24, 2.45) is 0 Å². The molecule has 1 unspecified atom stereocenters. The largest absolute Gasteiger partial charge is 0.265 e. The van der Waals surface area contributed by atoms with E-state index in [9.17, 15) is 8.42 Å². The van der Waals surface area contributed by atoms with Crippen molar-refractivity contribution >= 4 is 26.0 Å². The van der Waals surface area contributed by atoms with Gasteiger partial charge < -0.3 is 0 Å². The minimum absolute atomic E-state index is 0.239. The zero-order chi connectivity index (χ0) is 17.9. The Morgan fingerprint density at radius 1 is 0.960 bits per heavy atom. The quantitative estimate of drug-likeness (QED) is 0.676. The van der Waals surface area contributed by atoms with Crippen LogP contribution < -0.4 is 4.72 Å². The molecule has 1 atom stereocenters. The molecule has 0 saturated carbocycles. The van der Waals surface area contributed by atoms with Crippen LogP contribution in [0.1, 0.15) is 22.7 Å². The molecule has 1 heterocycles. The fourth-order valence-electron chi connectivity index (χ4n) is 2.54. The van der Waals surface area contributed by atoms with E-state index in [4.69, 9.17) is 0 Å². The molecule has 0 radical (unpaired) electrons. The molecule has 128 valence electrons. The maximum atomic E-state index is 12.9. The predicted molar refractivity (Wildman–Crippen MR) is 102 cm³/mol. The number of nitrogens with one attached hydrogen (secondary N) is 1. The first-order valence-corrected chi connectivity index (χ1v) is 9.98. The highest BCUT2D eigenvalue weighted by Crippen LogP contribution is 2.25. The minimum Gasteiger partial charge on any atom is -0.265 e. The SMILES string of the molecule is Cc1cc(S(=O)(=O)NC(c2ccccc2)c2ccncc2)ccc1Br. The summed E-state index contributed by atoms with van der Waals surface area (Å²) in [4.78, 5) is 4.25. The highest BCUT2D eigenvalue weighted by molar-refractivity contribution is 9.10. The van der Waals surface area contributed by atoms with Crippen molar-refractivity contribution < 1.29 is 8.42 Å². The van der Waals surface area contributed by atoms with Crippen LogP contribution in [0.25, 0.3) is 0 Å². The molecule has 2 aromatic carbocycles. The van der Waals surface area contributed by atoms with Crippen molar-refractivity contribution in [3.05, 3.63) is 94.2 Å². The lowest BCUT2D eigenvalue weighted by Crippen LogP contribution is -2.29. The summed E-state index contributed by atoms with van der Waals surface area (Å²) in [6.07, 6.45) is 3.31. The van der Waals surface area contributed by atoms with Crippen molar-refractivity contribution in [2.75, 3.05) is 0 Å². The molecule has 0 bridgehead atoms. The third kappa shape index (κ3) is 4.15. The van der Waals surface area contributed by atoms with Crippen molar-refractivity contribution in [3.8, 4) is 0 Å². The topological polar surface area (TPSA) is 59.1 Å². The number of rotatable bonds is 5. The van der Waals surface area contributed by atoms with Gasteiger partial charge in [-0.15, -0.1) is 0 Å². The molecule has 0 aliphatic carbocycles. The molecule has 0 fully saturated rings. The number of benzene rings is 2. The third-order valence-electron chi connectivity index (χ3n) is 3.89. The molecule has 3 rings (SSSR count). The summed E-state index contributed by atoms with van der Waals surface area (Å²) < 4.78 is 29.5. The first-order chi connectivity index (χ1) is 12.0. The van der Waals surface area contributed by atoms with Crippen LogP contribution in [0.15, 0.2) is 82.4 Å². The zero-order valence-corrected chi connectivity index (χ0v) is 16.0. The molecule has 25 heavy (non-hydrogen) atoms. The van der Waals surface area contributed by atoms with Gasteiger partial charge in [-0.1, -0.05) is 46.3 Å². The van der Waals surface area contributed by atoms with E-state index in [0.717, 1.165) is 21.2 Å². The fraction of sp³-hybridized carbons (Fsp3) is 0.105. The van der Waals surface area contributed by atoms with Crippen LogP contribution >= 0.6 is 15.9 Å². The number of aryl methyl sites for hydroxylation is 1. The van der Waals surface area contributed by atoms with E-state index in [2.05, 4.69) is 25.6 Å². The number of sulfonamides is 1. The van der Waals surface area contributed by atoms with E-state index in [1.54, 1.807) is 30.6 Å². The van der Waals surface area contributed by atoms with Gasteiger partial charge in [0.15, 0.2) is 0 Å². The Labute approximate surface area is 156 Å². The Kier molecular flexibility index (Phi) is 5.32. The summed E-state index contributed by atoms with van der Waals surface area (Å²) in [5.74, 6) is 0. The highest BCUT2D eigenvalue weighted by Gasteiger charge is 2.23. The average Bonchev–Trinajstić information content (AvgIpc) is 2.63. The zero-order valence-electron chi connectivity index (χ0n) is 13.6. The second-order valence-corrected chi connectivity index (χ2v) is 8.22. The first kappa shape index (κ1) is 17.8. The van der Waals surface area contributed by atoms with E-state index in [1.807, 2.05) is 49.4 Å². The molecule has 0 amide bonds. The number of hydrogen-bond donors (Lipinski definition) is 1. The van der Waals surface area contributed by atoms with Crippen LogP contribution in [0.5, 0.6) is 0 Å². The molecule has 1 aromatic heterocycles. The molecular weight excluding hydrogens is 400 g/mol. The van der Waals surface area contributed by atoms with Gasteiger partial charge in [0.2, 0.25) is 10.0 Å². The standard InChI is InChI=1S/C19H17BrN2O2S/c1-14-13-17(7-8-18(14)20)25(23,24)22-19(15-5-3-2-4-6-15)16-9-11-21-12-10-16/h2-13,19,22H,1H3. The maximum absolute atomic E-state index is 12.9. The molecule has 0 aliphatic heterocycles. The van der Waals surface area contributed by atoms with E-state index >= 15 is 0 Å². The lowest BCUT2D eigenvalue weighted by molar-refractivity contribution is 0.572. The summed E-state index contributed by atoms with van der Waals surface area (Å²) in [6, 6.07) is 17.6. The number of aromatic nitrogens is 1. The van der Waals surface area contributed by atoms with Crippen LogP contribution in [0, 0.1) is 6.92 Å². The molecule has 0 saturated heterocycles. The van der Waals surface area contributed by atoms with Crippen molar-refractivity contribution in [2.45, 2.75) is 17.9 Å². The van der Waals surface area contributed by atoms with Gasteiger partial charge in [-0.25, -0.2) is 8.42 Å². The van der Waals surface area contributed by atoms with Crippen molar-refractivity contribution in [1.29, 1.82) is 0 Å². The van der Waals surface area contributed by atoms with Gasteiger partial charge in [0.05, 0.1) is 10.9 Å². The van der Waals surface area contributed by atoms with Crippen LogP contribution in [0.2, 0.25) is 0 Å². The summed E-state index contributed by atoms with van der Waals surface area (Å²) in [7, 11) is -3.69. The van der Waals surface area contributed by atoms with Crippen LogP contribution in [-0.4, -0.2) is 13.4 Å². The molecule has 3 aromatic rings. The molecule has 4 nitrogen and oxygen atoms in total. The molecule has 1 N–H and O–H groups in total. The summed E-state index contributed by atoms with van der Waals surface area (Å²) in [6.45, 7) is 1.86. The van der Waals surface area contributed by atoms with Crippen LogP contribution in [0.3, 0.4) is 0 Å². The molecule has 6 heteroatoms. The third-order valence-corrected chi connectivity index (χ3v) is 6.20. The van der Waals surface area contributed by atoms with E-state index < -0.39 is 16.1 Å². The van der Waals surface area contributed by atoms with Gasteiger partial charge in [0.25, 0.3) is 0 Å². The fourth-order valence-corrected chi connectivity index (χ4v) is 4.08. The van der Waals surface area contributed by atoms with Gasteiger partial charge in [0.1, 0.15) is 0 Å². The Morgan fingerprint density at radius 3 is 2.24 bits per heavy atom. The number of nitrogens with zero attached hydrogens (tertiary/aromatic N) is 1. The molecule has 0 aliphatic rings. The Morgan fingerprint density at radius 2 is 1.60 bits per heavy atom. The number of hydrogen-bond acceptors (Lipinski definition) is 3. The number of pyridine rings is 1. The smallest absolute Gasteiger partial charge is 0.241 e. The second-order valence-electron chi connectivity index (χ2n) is 5.66. The van der Waals surface area contributed by atoms with Crippen molar-refractivity contribution in [1.82, 2.24) is 9.71 Å². The normalized spacial score (nSPS) is 12.7. The van der Waals surface area contributed by atoms with Gasteiger partial charge in [0, 0.05) is 16.9 Å². The molecule has 0 spiro atoms. The van der Waals surface area contributed by atoms with Crippen LogP contribution in [-0.2, 0) is 10.0 Å². The average molecular weight is 417 g/mol. The Bertz CT molecular complexity index is 922. The van der Waals surface area contributed by atoms with E-state index in [0.29, 0.717) is 0 Å². The van der Waals surface area contributed by atoms with Gasteiger partial charge >= 0.3 is 0 Å². The summed E-state index contributed by atoms with van der Waals surface area (Å²) in [5.41, 5.74) is 2.56. The minimum atomic E-state index is -3.69. The van der Waals surface area contributed by atoms with E-state index in [1.165, 1.54) is 0 Å². The Hall–Kier alpha value is -2.02.